The van der Waals surface area contributed by atoms with Gasteiger partial charge in [-0.1, -0.05) is 12.8 Å². The molecule has 5 nitrogen and oxygen atoms in total. The fourth-order valence-electron chi connectivity index (χ4n) is 2.72. The van der Waals surface area contributed by atoms with Crippen LogP contribution in [0.15, 0.2) is 0 Å². The molecule has 104 valence electrons. The van der Waals surface area contributed by atoms with E-state index >= 15 is 0 Å². The van der Waals surface area contributed by atoms with Crippen molar-refractivity contribution in [2.45, 2.75) is 50.2 Å². The first-order valence-corrected chi connectivity index (χ1v) is 6.95. The van der Waals surface area contributed by atoms with Gasteiger partial charge in [-0.3, -0.25) is 4.79 Å². The summed E-state index contributed by atoms with van der Waals surface area (Å²) in [6.45, 7) is 1.76. The molecule has 1 amide bonds. The van der Waals surface area contributed by atoms with Crippen molar-refractivity contribution in [1.82, 2.24) is 5.32 Å². The highest BCUT2D eigenvalue weighted by molar-refractivity contribution is 5.77. The molecule has 0 aromatic carbocycles. The Bertz CT molecular complexity index is 271. The first kappa shape index (κ1) is 13.8. The van der Waals surface area contributed by atoms with Gasteiger partial charge >= 0.3 is 0 Å². The zero-order valence-corrected chi connectivity index (χ0v) is 11.0. The maximum absolute atomic E-state index is 11.8. The second-order valence-electron chi connectivity index (χ2n) is 5.38. The van der Waals surface area contributed by atoms with Crippen molar-refractivity contribution in [3.63, 3.8) is 0 Å². The first-order valence-electron chi connectivity index (χ1n) is 6.95. The Labute approximate surface area is 108 Å². The molecule has 0 bridgehead atoms. The van der Waals surface area contributed by atoms with Gasteiger partial charge in [0, 0.05) is 19.2 Å². The van der Waals surface area contributed by atoms with Crippen LogP contribution in [0.3, 0.4) is 0 Å². The summed E-state index contributed by atoms with van der Waals surface area (Å²) >= 11 is 0. The number of rotatable bonds is 5. The van der Waals surface area contributed by atoms with Crippen molar-refractivity contribution in [3.05, 3.63) is 0 Å². The van der Waals surface area contributed by atoms with Crippen LogP contribution in [0.4, 0.5) is 0 Å². The highest BCUT2D eigenvalue weighted by Crippen LogP contribution is 2.22. The summed E-state index contributed by atoms with van der Waals surface area (Å²) in [6.07, 6.45) is 6.44. The Morgan fingerprint density at radius 2 is 2.17 bits per heavy atom. The minimum atomic E-state index is -0.453. The molecular weight excluding hydrogens is 232 g/mol. The molecule has 3 N–H and O–H groups in total. The Hall–Kier alpha value is -0.650. The molecule has 0 aromatic rings. The van der Waals surface area contributed by atoms with Crippen molar-refractivity contribution < 1.29 is 14.3 Å². The second kappa shape index (κ2) is 6.50. The molecule has 1 saturated carbocycles. The van der Waals surface area contributed by atoms with Crippen molar-refractivity contribution >= 4 is 5.91 Å². The number of nitrogens with two attached hydrogens (primary N) is 1. The van der Waals surface area contributed by atoms with E-state index in [0.717, 1.165) is 32.3 Å². The number of amides is 1. The predicted molar refractivity (Wildman–Crippen MR) is 68.2 cm³/mol. The molecule has 1 heterocycles. The van der Waals surface area contributed by atoms with E-state index in [4.69, 9.17) is 15.2 Å². The zero-order valence-electron chi connectivity index (χ0n) is 11.0. The van der Waals surface area contributed by atoms with Crippen LogP contribution < -0.4 is 11.1 Å². The number of carbonyl (C=O) groups is 1. The molecule has 1 atom stereocenters. The number of nitrogens with one attached hydrogen (secondary N) is 1. The summed E-state index contributed by atoms with van der Waals surface area (Å²) in [6, 6.07) is 0.345. The summed E-state index contributed by atoms with van der Waals surface area (Å²) in [5, 5.41) is 3.01. The van der Waals surface area contributed by atoms with Crippen LogP contribution >= 0.6 is 0 Å². The minimum absolute atomic E-state index is 0.0275. The molecule has 2 fully saturated rings. The number of hydrogen-bond donors (Lipinski definition) is 2. The Balaban J connectivity index is 1.73. The molecule has 2 aliphatic rings. The quantitative estimate of drug-likeness (QED) is 0.754. The average Bonchev–Trinajstić information content (AvgIpc) is 2.90. The van der Waals surface area contributed by atoms with Gasteiger partial charge in [0.2, 0.25) is 5.91 Å². The largest absolute Gasteiger partial charge is 0.378 e. The van der Waals surface area contributed by atoms with E-state index < -0.39 is 5.60 Å². The SMILES string of the molecule is NCC1(OCC(=O)NC2CCCC2)CCCOC1. The normalized spacial score (nSPS) is 29.4. The summed E-state index contributed by atoms with van der Waals surface area (Å²) in [7, 11) is 0. The topological polar surface area (TPSA) is 73.6 Å². The lowest BCUT2D eigenvalue weighted by Crippen LogP contribution is -2.49. The molecule has 5 heteroatoms. The Morgan fingerprint density at radius 3 is 2.78 bits per heavy atom. The third-order valence-corrected chi connectivity index (χ3v) is 3.89. The van der Waals surface area contributed by atoms with Crippen molar-refractivity contribution in [3.8, 4) is 0 Å². The van der Waals surface area contributed by atoms with Crippen molar-refractivity contribution in [2.24, 2.45) is 5.73 Å². The molecule has 1 unspecified atom stereocenters. The molecule has 1 saturated heterocycles. The lowest BCUT2D eigenvalue weighted by molar-refractivity contribution is -0.147. The fourth-order valence-corrected chi connectivity index (χ4v) is 2.72. The van der Waals surface area contributed by atoms with Crippen LogP contribution in [0, 0.1) is 0 Å². The van der Waals surface area contributed by atoms with E-state index in [9.17, 15) is 4.79 Å². The standard InChI is InChI=1S/C13H24N2O3/c14-9-13(6-3-7-17-10-13)18-8-12(16)15-11-4-1-2-5-11/h11H,1-10,14H2,(H,15,16). The van der Waals surface area contributed by atoms with Gasteiger partial charge in [0.1, 0.15) is 12.2 Å². The second-order valence-corrected chi connectivity index (χ2v) is 5.38. The van der Waals surface area contributed by atoms with Crippen LogP contribution in [-0.4, -0.2) is 43.9 Å². The van der Waals surface area contributed by atoms with Crippen molar-refractivity contribution in [1.29, 1.82) is 0 Å². The maximum atomic E-state index is 11.8. The van der Waals surface area contributed by atoms with Gasteiger partial charge in [-0.2, -0.15) is 0 Å². The van der Waals surface area contributed by atoms with Crippen molar-refractivity contribution in [2.75, 3.05) is 26.4 Å². The lowest BCUT2D eigenvalue weighted by atomic mass is 9.96. The van der Waals surface area contributed by atoms with Gasteiger partial charge in [0.05, 0.1) is 6.61 Å². The van der Waals surface area contributed by atoms with Crippen LogP contribution in [0.2, 0.25) is 0 Å². The smallest absolute Gasteiger partial charge is 0.246 e. The Morgan fingerprint density at radius 1 is 1.39 bits per heavy atom. The van der Waals surface area contributed by atoms with Gasteiger partial charge in [0.15, 0.2) is 0 Å². The van der Waals surface area contributed by atoms with Gasteiger partial charge < -0.3 is 20.5 Å². The highest BCUT2D eigenvalue weighted by Gasteiger charge is 2.33. The van der Waals surface area contributed by atoms with E-state index in [1.807, 2.05) is 0 Å². The summed E-state index contributed by atoms with van der Waals surface area (Å²) in [4.78, 5) is 11.8. The van der Waals surface area contributed by atoms with E-state index in [1.54, 1.807) is 0 Å². The number of hydrogen-bond acceptors (Lipinski definition) is 4. The van der Waals surface area contributed by atoms with Gasteiger partial charge in [-0.15, -0.1) is 0 Å². The maximum Gasteiger partial charge on any atom is 0.246 e. The summed E-state index contributed by atoms with van der Waals surface area (Å²) < 4.78 is 11.1. The van der Waals surface area contributed by atoms with Crippen LogP contribution in [0.25, 0.3) is 0 Å². The zero-order chi connectivity index (χ0) is 12.8. The molecule has 1 aliphatic carbocycles. The van der Waals surface area contributed by atoms with E-state index in [2.05, 4.69) is 5.32 Å². The summed E-state index contributed by atoms with van der Waals surface area (Å²) in [5.74, 6) is -0.0275. The molecule has 2 rings (SSSR count). The van der Waals surface area contributed by atoms with Crippen LogP contribution in [0.5, 0.6) is 0 Å². The number of ether oxygens (including phenoxy) is 2. The summed E-state index contributed by atoms with van der Waals surface area (Å²) in [5.41, 5.74) is 5.30. The molecule has 1 aliphatic heterocycles. The number of carbonyl (C=O) groups excluding carboxylic acids is 1. The first-order chi connectivity index (χ1) is 8.74. The van der Waals surface area contributed by atoms with Gasteiger partial charge in [-0.25, -0.2) is 0 Å². The molecule has 0 spiro atoms. The Kier molecular flexibility index (Phi) is 4.97. The molecule has 18 heavy (non-hydrogen) atoms. The third-order valence-electron chi connectivity index (χ3n) is 3.89. The molecular formula is C13H24N2O3. The van der Waals surface area contributed by atoms with E-state index in [-0.39, 0.29) is 12.5 Å². The van der Waals surface area contributed by atoms with Crippen LogP contribution in [0.1, 0.15) is 38.5 Å². The average molecular weight is 256 g/mol. The molecule has 0 aromatic heterocycles. The fraction of sp³-hybridized carbons (Fsp3) is 0.923. The molecule has 0 radical (unpaired) electrons. The predicted octanol–water partition coefficient (Wildman–Crippen LogP) is 0.570. The lowest BCUT2D eigenvalue weighted by Gasteiger charge is -2.35. The highest BCUT2D eigenvalue weighted by atomic mass is 16.5. The monoisotopic (exact) mass is 256 g/mol. The van der Waals surface area contributed by atoms with E-state index in [1.165, 1.54) is 12.8 Å². The van der Waals surface area contributed by atoms with Gasteiger partial charge in [-0.05, 0) is 25.7 Å². The minimum Gasteiger partial charge on any atom is -0.378 e. The van der Waals surface area contributed by atoms with Gasteiger partial charge in [0.25, 0.3) is 0 Å². The van der Waals surface area contributed by atoms with E-state index in [0.29, 0.717) is 19.2 Å². The third kappa shape index (κ3) is 3.67. The van der Waals surface area contributed by atoms with Crippen LogP contribution in [-0.2, 0) is 14.3 Å².